The third-order valence-corrected chi connectivity index (χ3v) is 3.14. The van der Waals surface area contributed by atoms with Gasteiger partial charge in [0.05, 0.1) is 0 Å². The predicted octanol–water partition coefficient (Wildman–Crippen LogP) is -0.104. The number of carbonyl (C=O) groups is 3. The molecule has 0 aliphatic carbocycles. The number of benzene rings is 1. The van der Waals surface area contributed by atoms with Gasteiger partial charge in [-0.1, -0.05) is 17.7 Å². The van der Waals surface area contributed by atoms with Crippen LogP contribution < -0.4 is 11.1 Å². The van der Waals surface area contributed by atoms with Gasteiger partial charge < -0.3 is 10.6 Å². The van der Waals surface area contributed by atoms with Gasteiger partial charge in [-0.05, 0) is 17.7 Å². The summed E-state index contributed by atoms with van der Waals surface area (Å²) in [5.74, 6) is -0.830. The summed E-state index contributed by atoms with van der Waals surface area (Å²) in [6.45, 7) is 0.429. The van der Waals surface area contributed by atoms with Crippen LogP contribution in [0, 0.1) is 0 Å². The van der Waals surface area contributed by atoms with Gasteiger partial charge >= 0.3 is 0 Å². The van der Waals surface area contributed by atoms with Crippen molar-refractivity contribution in [2.45, 2.75) is 12.6 Å². The molecule has 1 aliphatic heterocycles. The first-order valence-electron chi connectivity index (χ1n) is 5.60. The van der Waals surface area contributed by atoms with Gasteiger partial charge in [0.25, 0.3) is 5.91 Å². The minimum Gasteiger partial charge on any atom is -0.332 e. The Balaban J connectivity index is 2.08. The van der Waals surface area contributed by atoms with Crippen LogP contribution in [0.15, 0.2) is 18.2 Å². The first-order chi connectivity index (χ1) is 9.02. The zero-order chi connectivity index (χ0) is 14.0. The maximum Gasteiger partial charge on any atom is 0.254 e. The molecule has 100 valence electrons. The third-order valence-electron chi connectivity index (χ3n) is 2.91. The molecule has 0 aromatic heterocycles. The lowest BCUT2D eigenvalue weighted by atomic mass is 10.1. The average molecular weight is 282 g/mol. The van der Waals surface area contributed by atoms with Gasteiger partial charge in [0, 0.05) is 23.7 Å². The number of amides is 3. The number of nitrogens with one attached hydrogen (secondary N) is 1. The molecule has 0 radical (unpaired) electrons. The molecule has 0 unspecified atom stereocenters. The Morgan fingerprint density at radius 2 is 2.32 bits per heavy atom. The van der Waals surface area contributed by atoms with Gasteiger partial charge in [-0.3, -0.25) is 19.7 Å². The molecule has 0 saturated carbocycles. The van der Waals surface area contributed by atoms with E-state index in [1.807, 2.05) is 5.32 Å². The summed E-state index contributed by atoms with van der Waals surface area (Å²) in [7, 11) is 0. The van der Waals surface area contributed by atoms with Gasteiger partial charge in [0.1, 0.15) is 6.04 Å². The van der Waals surface area contributed by atoms with E-state index in [1.165, 1.54) is 4.90 Å². The number of fused-ring (bicyclic) bond motifs is 1. The van der Waals surface area contributed by atoms with Gasteiger partial charge in [-0.2, -0.15) is 0 Å². The minimum absolute atomic E-state index is 0.0464. The minimum atomic E-state index is -0.945. The maximum absolute atomic E-state index is 12.1. The summed E-state index contributed by atoms with van der Waals surface area (Å²) in [4.78, 5) is 35.0. The van der Waals surface area contributed by atoms with Crippen LogP contribution in [0.4, 0.5) is 0 Å². The van der Waals surface area contributed by atoms with Crippen molar-refractivity contribution in [2.75, 3.05) is 6.54 Å². The highest BCUT2D eigenvalue weighted by molar-refractivity contribution is 6.31. The SMILES string of the molecule is N[C@@H](CN1Cc2ccc(Cl)cc2C1=O)C(=O)NC=O. The smallest absolute Gasteiger partial charge is 0.254 e. The fraction of sp³-hybridized carbons (Fsp3) is 0.250. The van der Waals surface area contributed by atoms with Crippen LogP contribution in [-0.4, -0.2) is 35.7 Å². The molecule has 3 amide bonds. The largest absolute Gasteiger partial charge is 0.332 e. The molecule has 0 spiro atoms. The van der Waals surface area contributed by atoms with E-state index in [0.717, 1.165) is 5.56 Å². The number of nitrogens with two attached hydrogens (primary N) is 1. The van der Waals surface area contributed by atoms with Crippen LogP contribution in [0.3, 0.4) is 0 Å². The molecule has 1 atom stereocenters. The lowest BCUT2D eigenvalue weighted by Crippen LogP contribution is -2.47. The second-order valence-corrected chi connectivity index (χ2v) is 4.66. The molecule has 1 aromatic carbocycles. The van der Waals surface area contributed by atoms with Gasteiger partial charge in [-0.15, -0.1) is 0 Å². The number of carbonyl (C=O) groups excluding carboxylic acids is 3. The Morgan fingerprint density at radius 3 is 3.00 bits per heavy atom. The number of nitrogens with zero attached hydrogens (tertiary/aromatic N) is 1. The van der Waals surface area contributed by atoms with Crippen molar-refractivity contribution < 1.29 is 14.4 Å². The molecule has 1 aliphatic rings. The molecular formula is C12H12ClN3O3. The topological polar surface area (TPSA) is 92.5 Å². The molecular weight excluding hydrogens is 270 g/mol. The van der Waals surface area contributed by atoms with E-state index in [1.54, 1.807) is 18.2 Å². The Hall–Kier alpha value is -1.92. The van der Waals surface area contributed by atoms with E-state index < -0.39 is 11.9 Å². The van der Waals surface area contributed by atoms with Gasteiger partial charge in [0.15, 0.2) is 0 Å². The zero-order valence-corrected chi connectivity index (χ0v) is 10.7. The molecule has 0 fully saturated rings. The van der Waals surface area contributed by atoms with Crippen molar-refractivity contribution in [3.8, 4) is 0 Å². The lowest BCUT2D eigenvalue weighted by molar-refractivity contribution is -0.126. The highest BCUT2D eigenvalue weighted by Crippen LogP contribution is 2.25. The predicted molar refractivity (Wildman–Crippen MR) is 68.4 cm³/mol. The third kappa shape index (κ3) is 2.74. The molecule has 19 heavy (non-hydrogen) atoms. The molecule has 3 N–H and O–H groups in total. The van der Waals surface area contributed by atoms with Crippen molar-refractivity contribution in [3.05, 3.63) is 34.3 Å². The first-order valence-corrected chi connectivity index (χ1v) is 5.98. The van der Waals surface area contributed by atoms with Gasteiger partial charge in [-0.25, -0.2) is 0 Å². The molecule has 7 heteroatoms. The summed E-state index contributed by atoms with van der Waals surface area (Å²) in [6, 6.07) is 4.12. The standard InChI is InChI=1S/C12H12ClN3O3/c13-8-2-1-7-4-16(12(19)9(7)3-8)5-10(14)11(18)15-6-17/h1-3,6,10H,4-5,14H2,(H,15,17,18)/t10-/m0/s1. The monoisotopic (exact) mass is 281 g/mol. The lowest BCUT2D eigenvalue weighted by Gasteiger charge is -2.19. The highest BCUT2D eigenvalue weighted by atomic mass is 35.5. The second-order valence-electron chi connectivity index (χ2n) is 4.22. The van der Waals surface area contributed by atoms with Crippen LogP contribution in [0.1, 0.15) is 15.9 Å². The van der Waals surface area contributed by atoms with Crippen LogP contribution in [-0.2, 0) is 16.1 Å². The number of halogens is 1. The van der Waals surface area contributed by atoms with E-state index in [0.29, 0.717) is 17.1 Å². The number of hydrogen-bond acceptors (Lipinski definition) is 4. The summed E-state index contributed by atoms with van der Waals surface area (Å²) in [5.41, 5.74) is 6.99. The summed E-state index contributed by atoms with van der Waals surface area (Å²) in [5, 5.41) is 2.44. The molecule has 6 nitrogen and oxygen atoms in total. The van der Waals surface area contributed by atoms with Crippen LogP contribution >= 0.6 is 11.6 Å². The van der Waals surface area contributed by atoms with E-state index in [2.05, 4.69) is 0 Å². The quantitative estimate of drug-likeness (QED) is 0.754. The number of hydrogen-bond donors (Lipinski definition) is 2. The Labute approximate surface area is 114 Å². The molecule has 1 aromatic rings. The first kappa shape index (κ1) is 13.5. The number of imide groups is 1. The van der Waals surface area contributed by atoms with Crippen molar-refractivity contribution in [1.29, 1.82) is 0 Å². The second kappa shape index (κ2) is 5.38. The zero-order valence-electron chi connectivity index (χ0n) is 9.93. The molecule has 2 rings (SSSR count). The molecule has 0 saturated heterocycles. The molecule has 0 bridgehead atoms. The fourth-order valence-corrected chi connectivity index (χ4v) is 2.14. The average Bonchev–Trinajstić information content (AvgIpc) is 2.67. The fourth-order valence-electron chi connectivity index (χ4n) is 1.97. The Kier molecular flexibility index (Phi) is 3.82. The van der Waals surface area contributed by atoms with E-state index in [9.17, 15) is 14.4 Å². The van der Waals surface area contributed by atoms with Crippen molar-refractivity contribution in [2.24, 2.45) is 5.73 Å². The highest BCUT2D eigenvalue weighted by Gasteiger charge is 2.30. The van der Waals surface area contributed by atoms with E-state index in [4.69, 9.17) is 17.3 Å². The number of rotatable bonds is 4. The Bertz CT molecular complexity index is 547. The van der Waals surface area contributed by atoms with E-state index >= 15 is 0 Å². The maximum atomic E-state index is 12.1. The van der Waals surface area contributed by atoms with Crippen molar-refractivity contribution in [3.63, 3.8) is 0 Å². The van der Waals surface area contributed by atoms with Gasteiger partial charge in [0.2, 0.25) is 12.3 Å². The van der Waals surface area contributed by atoms with Crippen molar-refractivity contribution in [1.82, 2.24) is 10.2 Å². The van der Waals surface area contributed by atoms with Crippen molar-refractivity contribution >= 4 is 29.8 Å². The van der Waals surface area contributed by atoms with E-state index in [-0.39, 0.29) is 18.9 Å². The van der Waals surface area contributed by atoms with Crippen LogP contribution in [0.25, 0.3) is 0 Å². The normalized spacial score (nSPS) is 15.1. The summed E-state index contributed by atoms with van der Waals surface area (Å²) in [6.07, 6.45) is 0.266. The molecule has 1 heterocycles. The summed E-state index contributed by atoms with van der Waals surface area (Å²) < 4.78 is 0. The summed E-state index contributed by atoms with van der Waals surface area (Å²) >= 11 is 5.84. The Morgan fingerprint density at radius 1 is 1.58 bits per heavy atom. The van der Waals surface area contributed by atoms with Crippen LogP contribution in [0.5, 0.6) is 0 Å². The van der Waals surface area contributed by atoms with Crippen LogP contribution in [0.2, 0.25) is 5.02 Å².